The molecule has 0 aliphatic carbocycles. The zero-order chi connectivity index (χ0) is 13.7. The van der Waals surface area contributed by atoms with E-state index in [2.05, 4.69) is 10.4 Å². The van der Waals surface area contributed by atoms with Gasteiger partial charge >= 0.3 is 5.69 Å². The van der Waals surface area contributed by atoms with Crippen LogP contribution in [0, 0.1) is 17.0 Å². The Morgan fingerprint density at radius 1 is 1.67 bits per heavy atom. The second-order valence-corrected chi connectivity index (χ2v) is 4.25. The van der Waals surface area contributed by atoms with Crippen molar-refractivity contribution in [3.8, 4) is 0 Å². The first-order chi connectivity index (χ1) is 8.43. The van der Waals surface area contributed by atoms with Gasteiger partial charge in [-0.2, -0.15) is 5.10 Å². The quantitative estimate of drug-likeness (QED) is 0.613. The Kier molecular flexibility index (Phi) is 4.82. The molecule has 1 N–H and O–H groups in total. The van der Waals surface area contributed by atoms with Gasteiger partial charge in [0.15, 0.2) is 0 Å². The summed E-state index contributed by atoms with van der Waals surface area (Å²) in [5, 5.41) is 17.5. The van der Waals surface area contributed by atoms with Gasteiger partial charge in [0.2, 0.25) is 5.91 Å². The lowest BCUT2D eigenvalue weighted by Crippen LogP contribution is -2.32. The van der Waals surface area contributed by atoms with Gasteiger partial charge in [-0.05, 0) is 20.3 Å². The average molecular weight is 254 g/mol. The van der Waals surface area contributed by atoms with Crippen LogP contribution in [0.2, 0.25) is 0 Å². The first-order valence-electron chi connectivity index (χ1n) is 5.91. The maximum Gasteiger partial charge on any atom is 0.309 e. The molecule has 1 amide bonds. The van der Waals surface area contributed by atoms with Crippen molar-refractivity contribution in [1.82, 2.24) is 15.1 Å². The number of nitro groups is 1. The van der Waals surface area contributed by atoms with Crippen LogP contribution in [-0.4, -0.2) is 26.7 Å². The fraction of sp³-hybridized carbons (Fsp3) is 0.636. The first-order valence-corrected chi connectivity index (χ1v) is 5.91. The van der Waals surface area contributed by atoms with Crippen molar-refractivity contribution in [2.24, 2.45) is 0 Å². The molecule has 1 unspecified atom stereocenters. The van der Waals surface area contributed by atoms with Gasteiger partial charge < -0.3 is 5.32 Å². The Morgan fingerprint density at radius 3 is 2.83 bits per heavy atom. The van der Waals surface area contributed by atoms with E-state index >= 15 is 0 Å². The summed E-state index contributed by atoms with van der Waals surface area (Å²) in [6, 6.07) is 0.145. The van der Waals surface area contributed by atoms with Gasteiger partial charge in [-0.15, -0.1) is 0 Å². The van der Waals surface area contributed by atoms with E-state index in [-0.39, 0.29) is 24.1 Å². The van der Waals surface area contributed by atoms with E-state index < -0.39 is 4.92 Å². The number of hydrogen-bond acceptors (Lipinski definition) is 4. The molecule has 0 saturated heterocycles. The van der Waals surface area contributed by atoms with Crippen LogP contribution in [0.5, 0.6) is 0 Å². The number of carbonyl (C=O) groups excluding carboxylic acids is 1. The molecule has 0 fully saturated rings. The van der Waals surface area contributed by atoms with Gasteiger partial charge in [-0.3, -0.25) is 19.6 Å². The summed E-state index contributed by atoms with van der Waals surface area (Å²) in [6.07, 6.45) is 2.49. The maximum absolute atomic E-state index is 11.5. The summed E-state index contributed by atoms with van der Waals surface area (Å²) < 4.78 is 1.43. The van der Waals surface area contributed by atoms with Crippen molar-refractivity contribution in [1.29, 1.82) is 0 Å². The minimum atomic E-state index is -0.474. The predicted octanol–water partition coefficient (Wildman–Crippen LogP) is 1.40. The third-order valence-corrected chi connectivity index (χ3v) is 2.70. The highest BCUT2D eigenvalue weighted by atomic mass is 16.6. The minimum Gasteiger partial charge on any atom is -0.354 e. The molecule has 0 aliphatic rings. The molecule has 0 spiro atoms. The van der Waals surface area contributed by atoms with E-state index in [1.54, 1.807) is 6.92 Å². The highest BCUT2D eigenvalue weighted by molar-refractivity contribution is 5.76. The van der Waals surface area contributed by atoms with Crippen LogP contribution in [-0.2, 0) is 11.3 Å². The Labute approximate surface area is 105 Å². The average Bonchev–Trinajstić information content (AvgIpc) is 2.68. The summed E-state index contributed by atoms with van der Waals surface area (Å²) in [5.41, 5.74) is 0.347. The summed E-state index contributed by atoms with van der Waals surface area (Å²) in [7, 11) is 0. The number of nitrogens with zero attached hydrogens (tertiary/aromatic N) is 3. The molecular formula is C11H18N4O3. The lowest BCUT2D eigenvalue weighted by atomic mass is 10.2. The molecule has 0 saturated carbocycles. The summed E-state index contributed by atoms with van der Waals surface area (Å²) >= 11 is 0. The number of amides is 1. The molecule has 1 atom stereocenters. The zero-order valence-corrected chi connectivity index (χ0v) is 10.8. The zero-order valence-electron chi connectivity index (χ0n) is 10.8. The monoisotopic (exact) mass is 254 g/mol. The predicted molar refractivity (Wildman–Crippen MR) is 66.1 cm³/mol. The first kappa shape index (κ1) is 14.1. The van der Waals surface area contributed by atoms with Crippen LogP contribution < -0.4 is 5.32 Å². The molecule has 100 valence electrons. The van der Waals surface area contributed by atoms with Crippen molar-refractivity contribution in [2.75, 3.05) is 0 Å². The van der Waals surface area contributed by atoms with Crippen molar-refractivity contribution >= 4 is 11.6 Å². The maximum atomic E-state index is 11.5. The van der Waals surface area contributed by atoms with Gasteiger partial charge in [0.05, 0.1) is 4.92 Å². The highest BCUT2D eigenvalue weighted by Gasteiger charge is 2.15. The van der Waals surface area contributed by atoms with Crippen molar-refractivity contribution in [2.45, 2.75) is 46.2 Å². The lowest BCUT2D eigenvalue weighted by molar-refractivity contribution is -0.385. The molecule has 0 aliphatic heterocycles. The molecule has 0 radical (unpaired) electrons. The highest BCUT2D eigenvalue weighted by Crippen LogP contribution is 2.14. The smallest absolute Gasteiger partial charge is 0.309 e. The molecule has 0 bridgehead atoms. The van der Waals surface area contributed by atoms with Crippen LogP contribution in [0.25, 0.3) is 0 Å². The van der Waals surface area contributed by atoms with E-state index in [0.717, 1.165) is 6.42 Å². The van der Waals surface area contributed by atoms with Gasteiger partial charge in [-0.25, -0.2) is 0 Å². The number of aromatic nitrogens is 2. The third kappa shape index (κ3) is 3.83. The van der Waals surface area contributed by atoms with Crippen LogP contribution in [0.15, 0.2) is 6.20 Å². The van der Waals surface area contributed by atoms with Crippen molar-refractivity contribution in [3.05, 3.63) is 22.0 Å². The fourth-order valence-electron chi connectivity index (χ4n) is 1.47. The van der Waals surface area contributed by atoms with Gasteiger partial charge in [0, 0.05) is 19.0 Å². The molecule has 7 nitrogen and oxygen atoms in total. The Morgan fingerprint density at radius 2 is 2.33 bits per heavy atom. The SMILES string of the molecule is CCC(C)NC(=O)CCn1cc([N+](=O)[O-])c(C)n1. The van der Waals surface area contributed by atoms with E-state index in [9.17, 15) is 14.9 Å². The summed E-state index contributed by atoms with van der Waals surface area (Å²) in [6.45, 7) is 5.84. The number of carbonyl (C=O) groups is 1. The fourth-order valence-corrected chi connectivity index (χ4v) is 1.47. The van der Waals surface area contributed by atoms with E-state index in [0.29, 0.717) is 12.2 Å². The minimum absolute atomic E-state index is 0.0164. The Bertz CT molecular complexity index is 441. The van der Waals surface area contributed by atoms with Gasteiger partial charge in [0.25, 0.3) is 0 Å². The third-order valence-electron chi connectivity index (χ3n) is 2.70. The van der Waals surface area contributed by atoms with E-state index in [4.69, 9.17) is 0 Å². The molecule has 0 aromatic carbocycles. The Balaban J connectivity index is 2.51. The normalized spacial score (nSPS) is 12.2. The standard InChI is InChI=1S/C11H18N4O3/c1-4-8(2)12-11(16)5-6-14-7-10(15(17)18)9(3)13-14/h7-8H,4-6H2,1-3H3,(H,12,16). The molecule has 1 rings (SSSR count). The van der Waals surface area contributed by atoms with Gasteiger partial charge in [-0.1, -0.05) is 6.92 Å². The number of hydrogen-bond donors (Lipinski definition) is 1. The van der Waals surface area contributed by atoms with Crippen molar-refractivity contribution in [3.63, 3.8) is 0 Å². The lowest BCUT2D eigenvalue weighted by Gasteiger charge is -2.10. The number of rotatable bonds is 6. The molecule has 18 heavy (non-hydrogen) atoms. The second-order valence-electron chi connectivity index (χ2n) is 4.25. The Hall–Kier alpha value is -1.92. The van der Waals surface area contributed by atoms with Gasteiger partial charge in [0.1, 0.15) is 11.9 Å². The van der Waals surface area contributed by atoms with Crippen LogP contribution in [0.1, 0.15) is 32.4 Å². The largest absolute Gasteiger partial charge is 0.354 e. The molecule has 7 heteroatoms. The molecular weight excluding hydrogens is 236 g/mol. The van der Waals surface area contributed by atoms with E-state index in [1.165, 1.54) is 10.9 Å². The second kappa shape index (κ2) is 6.13. The van der Waals surface area contributed by atoms with Crippen LogP contribution in [0.3, 0.4) is 0 Å². The van der Waals surface area contributed by atoms with E-state index in [1.807, 2.05) is 13.8 Å². The molecule has 1 aromatic rings. The summed E-state index contributed by atoms with van der Waals surface area (Å²) in [4.78, 5) is 21.7. The summed E-state index contributed by atoms with van der Waals surface area (Å²) in [5.74, 6) is -0.0693. The molecule has 1 aromatic heterocycles. The number of nitrogens with one attached hydrogen (secondary N) is 1. The van der Waals surface area contributed by atoms with Crippen LogP contribution >= 0.6 is 0 Å². The number of aryl methyl sites for hydroxylation is 2. The topological polar surface area (TPSA) is 90.1 Å². The van der Waals surface area contributed by atoms with Crippen LogP contribution in [0.4, 0.5) is 5.69 Å². The molecule has 1 heterocycles. The van der Waals surface area contributed by atoms with Crippen molar-refractivity contribution < 1.29 is 9.72 Å².